The molecule has 1 fully saturated rings. The van der Waals surface area contributed by atoms with Crippen LogP contribution in [0.5, 0.6) is 0 Å². The average molecular weight is 237 g/mol. The molecule has 1 amide bonds. The van der Waals surface area contributed by atoms with E-state index in [1.807, 2.05) is 18.2 Å². The van der Waals surface area contributed by atoms with Gasteiger partial charge in [-0.3, -0.25) is 4.79 Å². The van der Waals surface area contributed by atoms with Crippen molar-refractivity contribution in [3.63, 3.8) is 0 Å². The Hall–Kier alpha value is -1.07. The molecular weight excluding hydrogens is 222 g/mol. The van der Waals surface area contributed by atoms with Gasteiger partial charge >= 0.3 is 0 Å². The molecule has 1 saturated carbocycles. The van der Waals surface area contributed by atoms with Gasteiger partial charge in [-0.15, -0.1) is 11.8 Å². The number of hydrogen-bond donors (Lipinski definition) is 2. The normalized spacial score (nSPS) is 19.1. The number of amides is 1. The molecular formula is C11H15N3OS. The molecule has 0 spiro atoms. The van der Waals surface area contributed by atoms with E-state index in [9.17, 15) is 4.79 Å². The molecule has 0 aromatic carbocycles. The highest BCUT2D eigenvalue weighted by Gasteiger charge is 2.46. The summed E-state index contributed by atoms with van der Waals surface area (Å²) in [6.45, 7) is 0. The van der Waals surface area contributed by atoms with Gasteiger partial charge in [-0.2, -0.15) is 0 Å². The van der Waals surface area contributed by atoms with Crippen molar-refractivity contribution in [2.24, 2.45) is 17.4 Å². The van der Waals surface area contributed by atoms with Crippen molar-refractivity contribution in [3.8, 4) is 0 Å². The van der Waals surface area contributed by atoms with E-state index < -0.39 is 11.4 Å². The van der Waals surface area contributed by atoms with E-state index in [0.717, 1.165) is 17.9 Å². The first-order valence-corrected chi connectivity index (χ1v) is 6.24. The van der Waals surface area contributed by atoms with Crippen LogP contribution in [0.15, 0.2) is 29.4 Å². The zero-order chi connectivity index (χ0) is 11.6. The average Bonchev–Trinajstić information content (AvgIpc) is 3.11. The van der Waals surface area contributed by atoms with Gasteiger partial charge in [-0.05, 0) is 30.9 Å². The minimum absolute atomic E-state index is 0.251. The summed E-state index contributed by atoms with van der Waals surface area (Å²) in [5.41, 5.74) is 10.6. The van der Waals surface area contributed by atoms with Crippen LogP contribution in [-0.4, -0.2) is 22.2 Å². The lowest BCUT2D eigenvalue weighted by atomic mass is 9.96. The number of rotatable bonds is 5. The topological polar surface area (TPSA) is 82.0 Å². The maximum Gasteiger partial charge on any atom is 0.238 e. The minimum atomic E-state index is -0.873. The van der Waals surface area contributed by atoms with Gasteiger partial charge in [-0.25, -0.2) is 4.98 Å². The zero-order valence-electron chi connectivity index (χ0n) is 8.93. The van der Waals surface area contributed by atoms with Crippen LogP contribution in [-0.2, 0) is 4.79 Å². The van der Waals surface area contributed by atoms with Crippen molar-refractivity contribution >= 4 is 17.7 Å². The highest BCUT2D eigenvalue weighted by atomic mass is 32.2. The second-order valence-electron chi connectivity index (χ2n) is 4.14. The van der Waals surface area contributed by atoms with E-state index in [0.29, 0.717) is 5.75 Å². The number of hydrogen-bond acceptors (Lipinski definition) is 4. The Bertz CT molecular complexity index is 380. The third-order valence-electron chi connectivity index (χ3n) is 2.86. The predicted molar refractivity (Wildman–Crippen MR) is 63.8 cm³/mol. The lowest BCUT2D eigenvalue weighted by molar-refractivity contribution is -0.123. The Labute approximate surface area is 98.8 Å². The Balaban J connectivity index is 2.00. The van der Waals surface area contributed by atoms with Crippen LogP contribution >= 0.6 is 11.8 Å². The van der Waals surface area contributed by atoms with Gasteiger partial charge in [0.25, 0.3) is 0 Å². The van der Waals surface area contributed by atoms with Crippen LogP contribution in [0.4, 0.5) is 0 Å². The Morgan fingerprint density at radius 1 is 1.56 bits per heavy atom. The lowest BCUT2D eigenvalue weighted by Crippen LogP contribution is -2.56. The van der Waals surface area contributed by atoms with Gasteiger partial charge in [-0.1, -0.05) is 6.07 Å². The third kappa shape index (κ3) is 2.36. The molecule has 0 saturated heterocycles. The highest BCUT2D eigenvalue weighted by molar-refractivity contribution is 7.99. The maximum absolute atomic E-state index is 11.4. The summed E-state index contributed by atoms with van der Waals surface area (Å²) in [5.74, 6) is 0.351. The summed E-state index contributed by atoms with van der Waals surface area (Å²) in [5, 5.41) is 0.874. The van der Waals surface area contributed by atoms with Crippen molar-refractivity contribution in [2.45, 2.75) is 23.4 Å². The monoisotopic (exact) mass is 237 g/mol. The first-order chi connectivity index (χ1) is 7.63. The first kappa shape index (κ1) is 11.4. The molecule has 1 unspecified atom stereocenters. The van der Waals surface area contributed by atoms with Crippen LogP contribution in [0, 0.1) is 5.92 Å². The summed E-state index contributed by atoms with van der Waals surface area (Å²) in [4.78, 5) is 15.6. The summed E-state index contributed by atoms with van der Waals surface area (Å²) in [6.07, 6.45) is 3.73. The van der Waals surface area contributed by atoms with Gasteiger partial charge in [0.05, 0.1) is 5.03 Å². The van der Waals surface area contributed by atoms with E-state index in [1.165, 1.54) is 11.8 Å². The Morgan fingerprint density at radius 3 is 2.81 bits per heavy atom. The zero-order valence-corrected chi connectivity index (χ0v) is 9.74. The molecule has 2 rings (SSSR count). The Morgan fingerprint density at radius 2 is 2.31 bits per heavy atom. The molecule has 1 aromatic rings. The highest BCUT2D eigenvalue weighted by Crippen LogP contribution is 2.40. The van der Waals surface area contributed by atoms with Gasteiger partial charge in [0, 0.05) is 11.9 Å². The lowest BCUT2D eigenvalue weighted by Gasteiger charge is -2.24. The molecule has 0 aliphatic heterocycles. The summed E-state index contributed by atoms with van der Waals surface area (Å²) >= 11 is 1.49. The minimum Gasteiger partial charge on any atom is -0.368 e. The van der Waals surface area contributed by atoms with Crippen LogP contribution in [0.2, 0.25) is 0 Å². The smallest absolute Gasteiger partial charge is 0.238 e. The van der Waals surface area contributed by atoms with E-state index in [-0.39, 0.29) is 5.92 Å². The standard InChI is InChI=1S/C11H15N3OS/c12-10(15)11(13,8-4-5-8)7-16-9-3-1-2-6-14-9/h1-3,6,8H,4-5,7,13H2,(H2,12,15). The van der Waals surface area contributed by atoms with Crippen LogP contribution in [0.1, 0.15) is 12.8 Å². The molecule has 4 N–H and O–H groups in total. The molecule has 1 atom stereocenters. The number of pyridine rings is 1. The fourth-order valence-corrected chi connectivity index (χ4v) is 2.69. The number of nitrogens with zero attached hydrogens (tertiary/aromatic N) is 1. The second kappa shape index (κ2) is 4.43. The largest absolute Gasteiger partial charge is 0.368 e. The number of primary amides is 1. The molecule has 1 aromatic heterocycles. The van der Waals surface area contributed by atoms with Crippen molar-refractivity contribution in [3.05, 3.63) is 24.4 Å². The Kier molecular flexibility index (Phi) is 3.16. The molecule has 86 valence electrons. The van der Waals surface area contributed by atoms with Gasteiger partial charge in [0.2, 0.25) is 5.91 Å². The van der Waals surface area contributed by atoms with E-state index in [4.69, 9.17) is 11.5 Å². The van der Waals surface area contributed by atoms with E-state index >= 15 is 0 Å². The van der Waals surface area contributed by atoms with E-state index in [2.05, 4.69) is 4.98 Å². The molecule has 1 aliphatic carbocycles. The second-order valence-corrected chi connectivity index (χ2v) is 5.13. The molecule has 5 heteroatoms. The molecule has 1 heterocycles. The molecule has 16 heavy (non-hydrogen) atoms. The summed E-state index contributed by atoms with van der Waals surface area (Å²) in [7, 11) is 0. The quantitative estimate of drug-likeness (QED) is 0.741. The summed E-state index contributed by atoms with van der Waals surface area (Å²) in [6, 6.07) is 5.67. The summed E-state index contributed by atoms with van der Waals surface area (Å²) < 4.78 is 0. The van der Waals surface area contributed by atoms with Crippen molar-refractivity contribution in [1.82, 2.24) is 4.98 Å². The predicted octanol–water partition coefficient (Wildman–Crippen LogP) is 0.766. The SMILES string of the molecule is NC(=O)C(N)(CSc1ccccn1)C1CC1. The molecule has 0 bridgehead atoms. The first-order valence-electron chi connectivity index (χ1n) is 5.25. The number of carbonyl (C=O) groups is 1. The number of carbonyl (C=O) groups excluding carboxylic acids is 1. The van der Waals surface area contributed by atoms with Gasteiger partial charge in [0.15, 0.2) is 0 Å². The van der Waals surface area contributed by atoms with Crippen molar-refractivity contribution in [2.75, 3.05) is 5.75 Å². The number of aromatic nitrogens is 1. The van der Waals surface area contributed by atoms with Gasteiger partial charge in [0.1, 0.15) is 5.54 Å². The fourth-order valence-electron chi connectivity index (χ4n) is 1.61. The van der Waals surface area contributed by atoms with Gasteiger partial charge < -0.3 is 11.5 Å². The van der Waals surface area contributed by atoms with E-state index in [1.54, 1.807) is 6.20 Å². The van der Waals surface area contributed by atoms with Crippen LogP contribution in [0.3, 0.4) is 0 Å². The molecule has 0 radical (unpaired) electrons. The fraction of sp³-hybridized carbons (Fsp3) is 0.455. The van der Waals surface area contributed by atoms with Crippen molar-refractivity contribution in [1.29, 1.82) is 0 Å². The molecule has 4 nitrogen and oxygen atoms in total. The van der Waals surface area contributed by atoms with Crippen molar-refractivity contribution < 1.29 is 4.79 Å². The number of thioether (sulfide) groups is 1. The molecule has 1 aliphatic rings. The van der Waals surface area contributed by atoms with Crippen LogP contribution in [0.25, 0.3) is 0 Å². The third-order valence-corrected chi connectivity index (χ3v) is 4.02. The number of nitrogens with two attached hydrogens (primary N) is 2. The maximum atomic E-state index is 11.4. The van der Waals surface area contributed by atoms with Crippen LogP contribution < -0.4 is 11.5 Å².